The van der Waals surface area contributed by atoms with Gasteiger partial charge in [-0.2, -0.15) is 0 Å². The summed E-state index contributed by atoms with van der Waals surface area (Å²) in [5.41, 5.74) is 3.91. The fourth-order valence-corrected chi connectivity index (χ4v) is 3.84. The molecule has 5 nitrogen and oxygen atoms in total. The molecule has 0 spiro atoms. The lowest BCUT2D eigenvalue weighted by Crippen LogP contribution is -2.27. The molecule has 1 amide bonds. The molecule has 0 saturated heterocycles. The Balaban J connectivity index is 1.44. The molecule has 0 saturated carbocycles. The van der Waals surface area contributed by atoms with E-state index in [1.54, 1.807) is 12.3 Å². The van der Waals surface area contributed by atoms with E-state index in [1.807, 2.05) is 54.6 Å². The van der Waals surface area contributed by atoms with Crippen LogP contribution in [0.4, 0.5) is 0 Å². The van der Waals surface area contributed by atoms with Crippen molar-refractivity contribution >= 4 is 40.1 Å². The van der Waals surface area contributed by atoms with Crippen molar-refractivity contribution in [2.75, 3.05) is 6.54 Å². The molecule has 2 heterocycles. The molecule has 2 aromatic carbocycles. The highest BCUT2D eigenvalue weighted by atomic mass is 35.5. The van der Waals surface area contributed by atoms with Gasteiger partial charge in [-0.15, -0.1) is 0 Å². The summed E-state index contributed by atoms with van der Waals surface area (Å²) in [6.07, 6.45) is 3.45. The maximum absolute atomic E-state index is 12.4. The van der Waals surface area contributed by atoms with Crippen molar-refractivity contribution in [2.24, 2.45) is 0 Å². The fraction of sp³-hybridized carbons (Fsp3) is 0.208. The molecule has 2 aromatic heterocycles. The lowest BCUT2D eigenvalue weighted by atomic mass is 10.1. The van der Waals surface area contributed by atoms with Crippen LogP contribution >= 0.6 is 23.2 Å². The van der Waals surface area contributed by atoms with E-state index in [1.165, 1.54) is 0 Å². The second-order valence-electron chi connectivity index (χ2n) is 7.26. The minimum absolute atomic E-state index is 0.00852. The molecule has 4 aromatic rings. The lowest BCUT2D eigenvalue weighted by Gasteiger charge is -2.10. The summed E-state index contributed by atoms with van der Waals surface area (Å²) >= 11 is 12.2. The zero-order valence-corrected chi connectivity index (χ0v) is 18.4. The zero-order chi connectivity index (χ0) is 21.6. The van der Waals surface area contributed by atoms with Crippen molar-refractivity contribution in [1.29, 1.82) is 0 Å². The van der Waals surface area contributed by atoms with Gasteiger partial charge in [0.05, 0.1) is 21.1 Å². The molecule has 4 rings (SSSR count). The molecule has 0 atom stereocenters. The normalized spacial score (nSPS) is 11.0. The molecule has 31 heavy (non-hydrogen) atoms. The Morgan fingerprint density at radius 2 is 1.84 bits per heavy atom. The summed E-state index contributed by atoms with van der Waals surface area (Å²) in [5.74, 6) is 0.898. The second-order valence-corrected chi connectivity index (χ2v) is 8.08. The van der Waals surface area contributed by atoms with Crippen LogP contribution in [0, 0.1) is 0 Å². The molecule has 0 aliphatic carbocycles. The van der Waals surface area contributed by atoms with Crippen LogP contribution in [0.1, 0.15) is 23.5 Å². The number of nitrogens with zero attached hydrogens (tertiary/aromatic N) is 3. The highest BCUT2D eigenvalue weighted by Crippen LogP contribution is 2.25. The number of carbonyl (C=O) groups is 1. The summed E-state index contributed by atoms with van der Waals surface area (Å²) in [4.78, 5) is 21.5. The molecule has 7 heteroatoms. The molecule has 0 fully saturated rings. The van der Waals surface area contributed by atoms with Gasteiger partial charge in [0.25, 0.3) is 0 Å². The first kappa shape index (κ1) is 21.3. The third-order valence-electron chi connectivity index (χ3n) is 5.07. The molecule has 158 valence electrons. The minimum atomic E-state index is 0.00852. The number of rotatable bonds is 8. The second kappa shape index (κ2) is 9.94. The largest absolute Gasteiger partial charge is 0.356 e. The van der Waals surface area contributed by atoms with Gasteiger partial charge in [0.2, 0.25) is 5.91 Å². The Hall–Kier alpha value is -2.89. The van der Waals surface area contributed by atoms with Crippen LogP contribution in [0.2, 0.25) is 10.0 Å². The number of carbonyl (C=O) groups excluding carboxylic acids is 1. The molecule has 0 radical (unpaired) electrons. The number of pyridine rings is 1. The zero-order valence-electron chi connectivity index (χ0n) is 16.9. The molecule has 0 unspecified atom stereocenters. The summed E-state index contributed by atoms with van der Waals surface area (Å²) in [6, 6.07) is 19.3. The van der Waals surface area contributed by atoms with E-state index in [0.717, 1.165) is 28.1 Å². The number of halogens is 2. The summed E-state index contributed by atoms with van der Waals surface area (Å²) in [6.45, 7) is 1.11. The van der Waals surface area contributed by atoms with Crippen molar-refractivity contribution in [1.82, 2.24) is 19.9 Å². The van der Waals surface area contributed by atoms with Gasteiger partial charge in [-0.3, -0.25) is 9.78 Å². The monoisotopic (exact) mass is 452 g/mol. The van der Waals surface area contributed by atoms with Crippen molar-refractivity contribution in [3.8, 4) is 0 Å². The van der Waals surface area contributed by atoms with Crippen LogP contribution in [0.3, 0.4) is 0 Å². The number of nitrogens with one attached hydrogen (secondary N) is 1. The standard InChI is InChI=1S/C24H22Cl2N4O/c25-19-9-8-17(15-20(19)26)16-23-29-21-6-1-2-7-22(21)30(23)14-11-24(31)28-13-10-18-5-3-4-12-27-18/h1-9,12,15H,10-11,13-14,16H2,(H,28,31). The van der Waals surface area contributed by atoms with Crippen LogP contribution in [0.15, 0.2) is 66.9 Å². The minimum Gasteiger partial charge on any atom is -0.356 e. The van der Waals surface area contributed by atoms with Crippen molar-refractivity contribution in [2.45, 2.75) is 25.8 Å². The number of para-hydroxylation sites is 2. The van der Waals surface area contributed by atoms with Gasteiger partial charge in [0.15, 0.2) is 0 Å². The van der Waals surface area contributed by atoms with Gasteiger partial charge >= 0.3 is 0 Å². The number of aromatic nitrogens is 3. The molecule has 0 aliphatic heterocycles. The average molecular weight is 453 g/mol. The van der Waals surface area contributed by atoms with Crippen LogP contribution < -0.4 is 5.32 Å². The van der Waals surface area contributed by atoms with Crippen LogP contribution in [-0.4, -0.2) is 27.0 Å². The van der Waals surface area contributed by atoms with Gasteiger partial charge in [-0.1, -0.05) is 47.5 Å². The topological polar surface area (TPSA) is 59.8 Å². The predicted molar refractivity (Wildman–Crippen MR) is 125 cm³/mol. The summed E-state index contributed by atoms with van der Waals surface area (Å²) in [7, 11) is 0. The number of imidazole rings is 1. The summed E-state index contributed by atoms with van der Waals surface area (Å²) < 4.78 is 2.11. The van der Waals surface area contributed by atoms with Gasteiger partial charge in [0, 0.05) is 44.2 Å². The Morgan fingerprint density at radius 1 is 1.00 bits per heavy atom. The number of amides is 1. The average Bonchev–Trinajstić information content (AvgIpc) is 3.12. The first-order valence-electron chi connectivity index (χ1n) is 10.1. The predicted octanol–water partition coefficient (Wildman–Crippen LogP) is 5.08. The Labute approximate surface area is 191 Å². The van der Waals surface area contributed by atoms with E-state index >= 15 is 0 Å². The number of fused-ring (bicyclic) bond motifs is 1. The molecule has 1 N–H and O–H groups in total. The third kappa shape index (κ3) is 5.43. The van der Waals surface area contributed by atoms with Crippen molar-refractivity contribution in [3.63, 3.8) is 0 Å². The van der Waals surface area contributed by atoms with E-state index in [-0.39, 0.29) is 5.91 Å². The van der Waals surface area contributed by atoms with E-state index in [2.05, 4.69) is 14.9 Å². The van der Waals surface area contributed by atoms with Crippen LogP contribution in [0.25, 0.3) is 11.0 Å². The van der Waals surface area contributed by atoms with Crippen LogP contribution in [-0.2, 0) is 24.2 Å². The number of hydrogen-bond donors (Lipinski definition) is 1. The van der Waals surface area contributed by atoms with Gasteiger partial charge in [-0.25, -0.2) is 4.98 Å². The van der Waals surface area contributed by atoms with Crippen molar-refractivity contribution < 1.29 is 4.79 Å². The van der Waals surface area contributed by atoms with Gasteiger partial charge < -0.3 is 9.88 Å². The Bertz CT molecular complexity index is 1190. The van der Waals surface area contributed by atoms with E-state index < -0.39 is 0 Å². The van der Waals surface area contributed by atoms with Crippen LogP contribution in [0.5, 0.6) is 0 Å². The Morgan fingerprint density at radius 3 is 2.65 bits per heavy atom. The highest BCUT2D eigenvalue weighted by molar-refractivity contribution is 6.42. The maximum atomic E-state index is 12.4. The molecular weight excluding hydrogens is 431 g/mol. The summed E-state index contributed by atoms with van der Waals surface area (Å²) in [5, 5.41) is 4.03. The smallest absolute Gasteiger partial charge is 0.221 e. The molecule has 0 aliphatic rings. The SMILES string of the molecule is O=C(CCn1c(Cc2ccc(Cl)c(Cl)c2)nc2ccccc21)NCCc1ccccn1. The van der Waals surface area contributed by atoms with E-state index in [0.29, 0.717) is 42.4 Å². The third-order valence-corrected chi connectivity index (χ3v) is 5.81. The van der Waals surface area contributed by atoms with Gasteiger partial charge in [0.1, 0.15) is 5.82 Å². The van der Waals surface area contributed by atoms with Gasteiger partial charge in [-0.05, 0) is 42.0 Å². The number of hydrogen-bond acceptors (Lipinski definition) is 3. The van der Waals surface area contributed by atoms with Crippen molar-refractivity contribution in [3.05, 3.63) is 94.0 Å². The number of benzene rings is 2. The fourth-order valence-electron chi connectivity index (χ4n) is 3.52. The molecule has 0 bridgehead atoms. The quantitative estimate of drug-likeness (QED) is 0.405. The van der Waals surface area contributed by atoms with E-state index in [4.69, 9.17) is 28.2 Å². The Kier molecular flexibility index (Phi) is 6.85. The van der Waals surface area contributed by atoms with E-state index in [9.17, 15) is 4.79 Å². The number of aryl methyl sites for hydroxylation is 1. The molecular formula is C24H22Cl2N4O. The highest BCUT2D eigenvalue weighted by Gasteiger charge is 2.13. The maximum Gasteiger partial charge on any atom is 0.221 e. The first-order chi connectivity index (χ1) is 15.1. The first-order valence-corrected chi connectivity index (χ1v) is 10.9. The lowest BCUT2D eigenvalue weighted by molar-refractivity contribution is -0.121.